The zero-order valence-corrected chi connectivity index (χ0v) is 21.0. The first-order valence-corrected chi connectivity index (χ1v) is 12.8. The van der Waals surface area contributed by atoms with Gasteiger partial charge in [0.1, 0.15) is 16.5 Å². The summed E-state index contributed by atoms with van der Waals surface area (Å²) in [6, 6.07) is 9.60. The molecule has 0 bridgehead atoms. The van der Waals surface area contributed by atoms with Crippen LogP contribution < -0.4 is 0 Å². The minimum Gasteiger partial charge on any atom is -0.343 e. The lowest BCUT2D eigenvalue weighted by Gasteiger charge is -2.23. The molecule has 0 N–H and O–H groups in total. The Morgan fingerprint density at radius 1 is 0.941 bits per heavy atom. The Kier molecular flexibility index (Phi) is 9.39. The van der Waals surface area contributed by atoms with Gasteiger partial charge in [-0.1, -0.05) is 20.8 Å². The van der Waals surface area contributed by atoms with Gasteiger partial charge < -0.3 is 14.4 Å². The van der Waals surface area contributed by atoms with Gasteiger partial charge >= 0.3 is 0 Å². The summed E-state index contributed by atoms with van der Waals surface area (Å²) in [6.45, 7) is 9.20. The zero-order chi connectivity index (χ0) is 24.5. The quantitative estimate of drug-likeness (QED) is 0.344. The minimum atomic E-state index is -0.360. The van der Waals surface area contributed by atoms with Crippen molar-refractivity contribution in [2.45, 2.75) is 53.1 Å². The van der Waals surface area contributed by atoms with E-state index in [0.29, 0.717) is 30.9 Å². The SMILES string of the molecule is CCCN(Cc1cccn1Cc1nc(C(=O)N(CCC)CCC)cs1)C(=O)c1ccc(F)cc1. The maximum absolute atomic E-state index is 13.3. The molecule has 182 valence electrons. The van der Waals surface area contributed by atoms with Gasteiger partial charge in [-0.3, -0.25) is 9.59 Å². The molecule has 34 heavy (non-hydrogen) atoms. The van der Waals surface area contributed by atoms with E-state index < -0.39 is 0 Å². The summed E-state index contributed by atoms with van der Waals surface area (Å²) in [7, 11) is 0. The molecule has 0 aliphatic rings. The number of hydrogen-bond acceptors (Lipinski definition) is 4. The van der Waals surface area contributed by atoms with Crippen LogP contribution in [0.5, 0.6) is 0 Å². The Hall–Kier alpha value is -3.00. The Morgan fingerprint density at radius 2 is 1.59 bits per heavy atom. The lowest BCUT2D eigenvalue weighted by atomic mass is 10.2. The van der Waals surface area contributed by atoms with Crippen molar-refractivity contribution < 1.29 is 14.0 Å². The van der Waals surface area contributed by atoms with Crippen molar-refractivity contribution in [2.24, 2.45) is 0 Å². The number of amides is 2. The van der Waals surface area contributed by atoms with Crippen molar-refractivity contribution in [1.82, 2.24) is 19.4 Å². The summed E-state index contributed by atoms with van der Waals surface area (Å²) in [5.74, 6) is -0.497. The lowest BCUT2D eigenvalue weighted by Crippen LogP contribution is -2.32. The molecule has 2 aromatic heterocycles. The molecule has 8 heteroatoms. The second-order valence-corrected chi connectivity index (χ2v) is 9.22. The minimum absolute atomic E-state index is 0.0158. The van der Waals surface area contributed by atoms with Crippen LogP contribution in [0, 0.1) is 5.82 Å². The van der Waals surface area contributed by atoms with Crippen LogP contribution >= 0.6 is 11.3 Å². The average molecular weight is 485 g/mol. The molecule has 0 radical (unpaired) electrons. The summed E-state index contributed by atoms with van der Waals surface area (Å²) in [6.07, 6.45) is 4.61. The molecule has 0 saturated heterocycles. The standard InChI is InChI=1S/C26H33FN4O2S/c1-4-13-29(14-5-2)26(33)23-19-34-24(28-23)18-30-16-7-8-22(30)17-31(15-6-3)25(32)20-9-11-21(27)12-10-20/h7-12,16,19H,4-6,13-15,17-18H2,1-3H3. The van der Waals surface area contributed by atoms with Crippen LogP contribution in [0.2, 0.25) is 0 Å². The van der Waals surface area contributed by atoms with Gasteiger partial charge in [-0.2, -0.15) is 0 Å². The molecule has 0 unspecified atom stereocenters. The highest BCUT2D eigenvalue weighted by Gasteiger charge is 2.19. The molecule has 2 heterocycles. The van der Waals surface area contributed by atoms with Crippen molar-refractivity contribution in [3.05, 3.63) is 75.8 Å². The first-order chi connectivity index (χ1) is 16.5. The van der Waals surface area contributed by atoms with Crippen molar-refractivity contribution >= 4 is 23.2 Å². The van der Waals surface area contributed by atoms with Gasteiger partial charge in [0.05, 0.1) is 13.1 Å². The van der Waals surface area contributed by atoms with E-state index in [1.165, 1.54) is 35.6 Å². The first-order valence-electron chi connectivity index (χ1n) is 11.9. The fraction of sp³-hybridized carbons (Fsp3) is 0.423. The van der Waals surface area contributed by atoms with E-state index in [1.54, 1.807) is 4.90 Å². The van der Waals surface area contributed by atoms with E-state index in [9.17, 15) is 14.0 Å². The van der Waals surface area contributed by atoms with Crippen LogP contribution in [0.3, 0.4) is 0 Å². The second kappa shape index (κ2) is 12.5. The molecule has 2 amide bonds. The average Bonchev–Trinajstić information content (AvgIpc) is 3.48. The summed E-state index contributed by atoms with van der Waals surface area (Å²) < 4.78 is 15.3. The van der Waals surface area contributed by atoms with E-state index >= 15 is 0 Å². The number of aromatic nitrogens is 2. The van der Waals surface area contributed by atoms with Gasteiger partial charge in [-0.15, -0.1) is 11.3 Å². The van der Waals surface area contributed by atoms with Gasteiger partial charge in [0.25, 0.3) is 11.8 Å². The fourth-order valence-electron chi connectivity index (χ4n) is 3.88. The van der Waals surface area contributed by atoms with E-state index in [-0.39, 0.29) is 17.6 Å². The first kappa shape index (κ1) is 25.6. The van der Waals surface area contributed by atoms with Crippen LogP contribution in [0.4, 0.5) is 4.39 Å². The van der Waals surface area contributed by atoms with E-state index in [4.69, 9.17) is 0 Å². The van der Waals surface area contributed by atoms with Crippen molar-refractivity contribution in [2.75, 3.05) is 19.6 Å². The molecule has 3 rings (SSSR count). The van der Waals surface area contributed by atoms with Crippen LogP contribution in [0.15, 0.2) is 48.0 Å². The normalized spacial score (nSPS) is 10.9. The number of benzene rings is 1. The predicted octanol–water partition coefficient (Wildman–Crippen LogP) is 5.45. The fourth-order valence-corrected chi connectivity index (χ4v) is 4.65. The lowest BCUT2D eigenvalue weighted by molar-refractivity contribution is 0.0735. The summed E-state index contributed by atoms with van der Waals surface area (Å²) >= 11 is 1.48. The third-order valence-corrected chi connectivity index (χ3v) is 6.33. The molecular weight excluding hydrogens is 451 g/mol. The van der Waals surface area contributed by atoms with Crippen molar-refractivity contribution in [3.63, 3.8) is 0 Å². The smallest absolute Gasteiger partial charge is 0.273 e. The molecule has 6 nitrogen and oxygen atoms in total. The van der Waals surface area contributed by atoms with Crippen molar-refractivity contribution in [3.8, 4) is 0 Å². The highest BCUT2D eigenvalue weighted by Crippen LogP contribution is 2.18. The van der Waals surface area contributed by atoms with Crippen LogP contribution in [0.25, 0.3) is 0 Å². The Bertz CT molecular complexity index is 1070. The number of hydrogen-bond donors (Lipinski definition) is 0. The number of carbonyl (C=O) groups is 2. The van der Waals surface area contributed by atoms with E-state index in [2.05, 4.69) is 23.4 Å². The number of thiazole rings is 1. The van der Waals surface area contributed by atoms with Crippen LogP contribution in [-0.2, 0) is 13.1 Å². The molecule has 0 aliphatic heterocycles. The summed E-state index contributed by atoms with van der Waals surface area (Å²) in [4.78, 5) is 34.1. The van der Waals surface area contributed by atoms with Crippen LogP contribution in [0.1, 0.15) is 71.6 Å². The van der Waals surface area contributed by atoms with Gasteiger partial charge in [-0.05, 0) is 55.7 Å². The van der Waals surface area contributed by atoms with Gasteiger partial charge in [-0.25, -0.2) is 9.37 Å². The predicted molar refractivity (Wildman–Crippen MR) is 134 cm³/mol. The number of rotatable bonds is 12. The molecule has 0 aliphatic carbocycles. The summed E-state index contributed by atoms with van der Waals surface area (Å²) in [5, 5.41) is 2.68. The molecule has 0 fully saturated rings. The molecule has 0 atom stereocenters. The van der Waals surface area contributed by atoms with Gasteiger partial charge in [0, 0.05) is 42.5 Å². The number of carbonyl (C=O) groups excluding carboxylic acids is 2. The molecule has 0 saturated carbocycles. The third kappa shape index (κ3) is 6.53. The topological polar surface area (TPSA) is 58.4 Å². The van der Waals surface area contributed by atoms with Gasteiger partial charge in [0.15, 0.2) is 0 Å². The Morgan fingerprint density at radius 3 is 2.24 bits per heavy atom. The largest absolute Gasteiger partial charge is 0.343 e. The highest BCUT2D eigenvalue weighted by molar-refractivity contribution is 7.09. The Labute approximate surface area is 205 Å². The van der Waals surface area contributed by atoms with Crippen LogP contribution in [-0.4, -0.2) is 50.8 Å². The third-order valence-electron chi connectivity index (χ3n) is 5.50. The summed E-state index contributed by atoms with van der Waals surface area (Å²) in [5.41, 5.74) is 1.94. The maximum Gasteiger partial charge on any atom is 0.273 e. The Balaban J connectivity index is 1.72. The molecular formula is C26H33FN4O2S. The molecule has 3 aromatic rings. The number of halogens is 1. The highest BCUT2D eigenvalue weighted by atomic mass is 32.1. The number of nitrogens with zero attached hydrogens (tertiary/aromatic N) is 4. The van der Waals surface area contributed by atoms with E-state index in [0.717, 1.165) is 43.1 Å². The van der Waals surface area contributed by atoms with Gasteiger partial charge in [0.2, 0.25) is 0 Å². The maximum atomic E-state index is 13.3. The molecule has 0 spiro atoms. The monoisotopic (exact) mass is 484 g/mol. The zero-order valence-electron chi connectivity index (χ0n) is 20.2. The second-order valence-electron chi connectivity index (χ2n) is 8.28. The van der Waals surface area contributed by atoms with E-state index in [1.807, 2.05) is 35.5 Å². The molecule has 1 aromatic carbocycles. The van der Waals surface area contributed by atoms with Crippen molar-refractivity contribution in [1.29, 1.82) is 0 Å².